The molecule has 0 bridgehead atoms. The number of aryl methyl sites for hydroxylation is 1. The van der Waals surface area contributed by atoms with Gasteiger partial charge in [0.15, 0.2) is 20.6 Å². The van der Waals surface area contributed by atoms with Crippen molar-refractivity contribution in [1.29, 1.82) is 0 Å². The van der Waals surface area contributed by atoms with Crippen molar-refractivity contribution in [1.82, 2.24) is 14.3 Å². The lowest BCUT2D eigenvalue weighted by molar-refractivity contribution is 0.0641. The lowest BCUT2D eigenvalue weighted by atomic mass is 9.94. The molecule has 2 heterocycles. The zero-order valence-corrected chi connectivity index (χ0v) is 23.3. The summed E-state index contributed by atoms with van der Waals surface area (Å²) in [4.78, 5) is 27.2. The van der Waals surface area contributed by atoms with Crippen LogP contribution in [0.4, 0.5) is 0 Å². The highest BCUT2D eigenvalue weighted by atomic mass is 35.5. The fourth-order valence-electron chi connectivity index (χ4n) is 4.45. The first-order valence-electron chi connectivity index (χ1n) is 12.2. The predicted octanol–water partition coefficient (Wildman–Crippen LogP) is 4.72. The van der Waals surface area contributed by atoms with Gasteiger partial charge in [-0.2, -0.15) is 5.10 Å². The van der Waals surface area contributed by atoms with Crippen LogP contribution in [-0.2, 0) is 22.9 Å². The van der Waals surface area contributed by atoms with Gasteiger partial charge in [0.05, 0.1) is 23.5 Å². The van der Waals surface area contributed by atoms with E-state index in [2.05, 4.69) is 5.10 Å². The number of fused-ring (bicyclic) bond motifs is 1. The number of ketones is 1. The van der Waals surface area contributed by atoms with E-state index in [1.807, 2.05) is 30.3 Å². The molecule has 0 saturated heterocycles. The number of carbonyl (C=O) groups excluding carboxylic acids is 1. The highest BCUT2D eigenvalue weighted by molar-refractivity contribution is 7.90. The number of benzene rings is 2. The standard InChI is InChI=1S/C28H30ClN3O5S/c1-5-23(33)26-25(18-9-7-6-8-10-18)22-15-19(29)11-12-21(22)27(34)31(26)17-20-16-24(38(4,36)37)32(30-20)14-13-28(2,3)35/h6-12,15-16,35H,5,13-14,17H2,1-4H3. The van der Waals surface area contributed by atoms with Crippen LogP contribution in [0.25, 0.3) is 21.9 Å². The van der Waals surface area contributed by atoms with Crippen molar-refractivity contribution in [3.05, 3.63) is 81.4 Å². The first kappa shape index (κ1) is 27.8. The summed E-state index contributed by atoms with van der Waals surface area (Å²) in [6.45, 7) is 5.03. The molecule has 0 radical (unpaired) electrons. The number of sulfone groups is 1. The Labute approximate surface area is 226 Å². The molecule has 4 aromatic rings. The lowest BCUT2D eigenvalue weighted by Gasteiger charge is -2.19. The van der Waals surface area contributed by atoms with Crippen LogP contribution >= 0.6 is 11.6 Å². The third kappa shape index (κ3) is 5.75. The third-order valence-electron chi connectivity index (χ3n) is 6.31. The Morgan fingerprint density at radius 1 is 1.08 bits per heavy atom. The molecule has 1 N–H and O–H groups in total. The normalized spacial score (nSPS) is 12.3. The minimum Gasteiger partial charge on any atom is -0.390 e. The molecule has 2 aromatic carbocycles. The molecule has 0 amide bonds. The lowest BCUT2D eigenvalue weighted by Crippen LogP contribution is -2.28. The van der Waals surface area contributed by atoms with Gasteiger partial charge in [-0.1, -0.05) is 48.9 Å². The monoisotopic (exact) mass is 555 g/mol. The summed E-state index contributed by atoms with van der Waals surface area (Å²) in [7, 11) is -3.65. The van der Waals surface area contributed by atoms with E-state index >= 15 is 0 Å². The zero-order valence-electron chi connectivity index (χ0n) is 21.7. The van der Waals surface area contributed by atoms with Gasteiger partial charge >= 0.3 is 0 Å². The summed E-state index contributed by atoms with van der Waals surface area (Å²) in [5.41, 5.74) is 0.423. The van der Waals surface area contributed by atoms with Gasteiger partial charge in [-0.05, 0) is 49.4 Å². The molecule has 0 aliphatic rings. The minimum absolute atomic E-state index is 0.0241. The number of aliphatic hydroxyl groups is 1. The molecule has 0 saturated carbocycles. The molecule has 0 spiro atoms. The molecule has 0 aliphatic heterocycles. The van der Waals surface area contributed by atoms with Gasteiger partial charge in [-0.3, -0.25) is 18.8 Å². The second-order valence-electron chi connectivity index (χ2n) is 9.98. The summed E-state index contributed by atoms with van der Waals surface area (Å²) >= 11 is 6.31. The molecule has 0 atom stereocenters. The number of Topliss-reactive ketones (excluding diaryl/α,β-unsaturated/α-hetero) is 1. The second kappa shape index (κ2) is 10.5. The third-order valence-corrected chi connectivity index (χ3v) is 7.63. The molecular weight excluding hydrogens is 526 g/mol. The Hall–Kier alpha value is -3.27. The average Bonchev–Trinajstić information content (AvgIpc) is 3.27. The van der Waals surface area contributed by atoms with Crippen molar-refractivity contribution in [2.45, 2.75) is 57.3 Å². The van der Waals surface area contributed by atoms with E-state index in [0.717, 1.165) is 11.8 Å². The fourth-order valence-corrected chi connectivity index (χ4v) is 5.49. The van der Waals surface area contributed by atoms with E-state index in [1.165, 1.54) is 15.3 Å². The Balaban J connectivity index is 1.99. The molecule has 2 aromatic heterocycles. The summed E-state index contributed by atoms with van der Waals surface area (Å²) < 4.78 is 27.7. The van der Waals surface area contributed by atoms with Crippen molar-refractivity contribution < 1.29 is 18.3 Å². The van der Waals surface area contributed by atoms with E-state index in [4.69, 9.17) is 11.6 Å². The smallest absolute Gasteiger partial charge is 0.259 e. The molecule has 8 nitrogen and oxygen atoms in total. The van der Waals surface area contributed by atoms with Gasteiger partial charge in [0.25, 0.3) is 5.56 Å². The summed E-state index contributed by atoms with van der Waals surface area (Å²) in [6, 6.07) is 15.7. The maximum absolute atomic E-state index is 13.8. The minimum atomic E-state index is -3.65. The van der Waals surface area contributed by atoms with Crippen LogP contribution in [0.15, 0.2) is 64.4 Å². The maximum atomic E-state index is 13.8. The number of aromatic nitrogens is 3. The van der Waals surface area contributed by atoms with Gasteiger partial charge in [0, 0.05) is 41.3 Å². The Kier molecular flexibility index (Phi) is 7.65. The second-order valence-corrected chi connectivity index (χ2v) is 12.4. The van der Waals surface area contributed by atoms with Crippen molar-refractivity contribution in [2.24, 2.45) is 0 Å². The number of pyridine rings is 1. The van der Waals surface area contributed by atoms with Crippen LogP contribution in [0.3, 0.4) is 0 Å². The van der Waals surface area contributed by atoms with E-state index in [1.54, 1.807) is 39.0 Å². The first-order chi connectivity index (χ1) is 17.8. The van der Waals surface area contributed by atoms with Crippen molar-refractivity contribution in [2.75, 3.05) is 6.26 Å². The highest BCUT2D eigenvalue weighted by Gasteiger charge is 2.25. The molecule has 0 aliphatic carbocycles. The number of carbonyl (C=O) groups is 1. The number of hydrogen-bond donors (Lipinski definition) is 1. The summed E-state index contributed by atoms with van der Waals surface area (Å²) in [5.74, 6) is -0.243. The number of hydrogen-bond acceptors (Lipinski definition) is 6. The van der Waals surface area contributed by atoms with Crippen molar-refractivity contribution in [3.63, 3.8) is 0 Å². The van der Waals surface area contributed by atoms with Gasteiger partial charge in [0.1, 0.15) is 0 Å². The molecule has 0 fully saturated rings. The Bertz CT molecular complexity index is 1680. The molecule has 0 unspecified atom stereocenters. The fraction of sp³-hybridized carbons (Fsp3) is 0.321. The van der Waals surface area contributed by atoms with E-state index in [9.17, 15) is 23.1 Å². The van der Waals surface area contributed by atoms with E-state index in [0.29, 0.717) is 27.1 Å². The van der Waals surface area contributed by atoms with Crippen LogP contribution < -0.4 is 5.56 Å². The van der Waals surface area contributed by atoms with Gasteiger partial charge < -0.3 is 5.11 Å². The summed E-state index contributed by atoms with van der Waals surface area (Å²) in [6.07, 6.45) is 1.50. The Morgan fingerprint density at radius 3 is 2.37 bits per heavy atom. The number of nitrogens with zero attached hydrogens (tertiary/aromatic N) is 3. The van der Waals surface area contributed by atoms with E-state index < -0.39 is 21.0 Å². The topological polar surface area (TPSA) is 111 Å². The van der Waals surface area contributed by atoms with Gasteiger partial charge in [0.2, 0.25) is 0 Å². The maximum Gasteiger partial charge on any atom is 0.259 e. The quantitative estimate of drug-likeness (QED) is 0.299. The Morgan fingerprint density at radius 2 is 1.76 bits per heavy atom. The SMILES string of the molecule is CCC(=O)c1c(-c2ccccc2)c2cc(Cl)ccc2c(=O)n1Cc1cc(S(C)(=O)=O)n(CCC(C)(C)O)n1. The van der Waals surface area contributed by atoms with Gasteiger partial charge in [-0.25, -0.2) is 8.42 Å². The van der Waals surface area contributed by atoms with Crippen LogP contribution in [0.5, 0.6) is 0 Å². The zero-order chi connectivity index (χ0) is 27.8. The first-order valence-corrected chi connectivity index (χ1v) is 14.5. The predicted molar refractivity (Wildman–Crippen MR) is 149 cm³/mol. The van der Waals surface area contributed by atoms with Crippen LogP contribution in [0, 0.1) is 0 Å². The molecule has 200 valence electrons. The number of halogens is 1. The summed E-state index contributed by atoms with van der Waals surface area (Å²) in [5, 5.41) is 16.0. The van der Waals surface area contributed by atoms with Crippen LogP contribution in [-0.4, -0.2) is 45.5 Å². The molecule has 4 rings (SSSR count). The average molecular weight is 556 g/mol. The number of rotatable bonds is 9. The molecule has 10 heteroatoms. The van der Waals surface area contributed by atoms with Crippen LogP contribution in [0.1, 0.15) is 49.8 Å². The van der Waals surface area contributed by atoms with Crippen molar-refractivity contribution in [3.8, 4) is 11.1 Å². The van der Waals surface area contributed by atoms with Gasteiger partial charge in [-0.15, -0.1) is 0 Å². The highest BCUT2D eigenvalue weighted by Crippen LogP contribution is 2.33. The van der Waals surface area contributed by atoms with Crippen LogP contribution in [0.2, 0.25) is 5.02 Å². The van der Waals surface area contributed by atoms with Crippen molar-refractivity contribution >= 4 is 38.0 Å². The molecular formula is C28H30ClN3O5S. The van der Waals surface area contributed by atoms with E-state index in [-0.39, 0.29) is 42.4 Å². The largest absolute Gasteiger partial charge is 0.390 e. The molecule has 38 heavy (non-hydrogen) atoms.